The Labute approximate surface area is 97.8 Å². The summed E-state index contributed by atoms with van der Waals surface area (Å²) >= 11 is 1.97. The standard InChI is InChI=1S/C12H22N2S/c1-10(2)14-12(3,8-13)9-15-11-6-4-5-7-11/h10-11,14H,4-7,9H2,1-3H3. The Balaban J connectivity index is 2.35. The Kier molecular flexibility index (Phi) is 4.95. The molecule has 1 unspecified atom stereocenters. The SMILES string of the molecule is CC(C)NC(C)(C#N)CSC1CCCC1. The first-order valence-electron chi connectivity index (χ1n) is 5.86. The van der Waals surface area contributed by atoms with Crippen molar-refractivity contribution in [2.24, 2.45) is 0 Å². The molecule has 15 heavy (non-hydrogen) atoms. The minimum Gasteiger partial charge on any atom is -0.297 e. The zero-order valence-electron chi connectivity index (χ0n) is 10.0. The van der Waals surface area contributed by atoms with Crippen LogP contribution in [-0.2, 0) is 0 Å². The van der Waals surface area contributed by atoms with E-state index in [0.29, 0.717) is 6.04 Å². The minimum absolute atomic E-state index is 0.360. The Hall–Kier alpha value is -0.200. The van der Waals surface area contributed by atoms with E-state index in [9.17, 15) is 5.26 Å². The summed E-state index contributed by atoms with van der Waals surface area (Å²) in [4.78, 5) is 0. The molecule has 0 heterocycles. The molecular weight excluding hydrogens is 204 g/mol. The number of hydrogen-bond donors (Lipinski definition) is 1. The van der Waals surface area contributed by atoms with Crippen LogP contribution >= 0.6 is 11.8 Å². The number of thioether (sulfide) groups is 1. The van der Waals surface area contributed by atoms with Gasteiger partial charge in [-0.25, -0.2) is 0 Å². The molecule has 86 valence electrons. The molecule has 1 aliphatic rings. The third-order valence-corrected chi connectivity index (χ3v) is 4.45. The van der Waals surface area contributed by atoms with Crippen LogP contribution in [0.15, 0.2) is 0 Å². The van der Waals surface area contributed by atoms with Gasteiger partial charge in [-0.05, 0) is 33.6 Å². The van der Waals surface area contributed by atoms with Crippen molar-refractivity contribution < 1.29 is 0 Å². The number of nitrogens with zero attached hydrogens (tertiary/aromatic N) is 1. The lowest BCUT2D eigenvalue weighted by Crippen LogP contribution is -2.47. The van der Waals surface area contributed by atoms with Crippen LogP contribution in [0, 0.1) is 11.3 Å². The molecule has 0 aliphatic heterocycles. The number of rotatable bonds is 5. The minimum atomic E-state index is -0.360. The highest BCUT2D eigenvalue weighted by Gasteiger charge is 2.26. The van der Waals surface area contributed by atoms with Crippen molar-refractivity contribution in [3.63, 3.8) is 0 Å². The maximum Gasteiger partial charge on any atom is 0.113 e. The molecule has 1 fully saturated rings. The van der Waals surface area contributed by atoms with Gasteiger partial charge in [0.1, 0.15) is 5.54 Å². The molecule has 1 rings (SSSR count). The predicted molar refractivity (Wildman–Crippen MR) is 67.0 cm³/mol. The van der Waals surface area contributed by atoms with Gasteiger partial charge in [0.25, 0.3) is 0 Å². The van der Waals surface area contributed by atoms with Crippen molar-refractivity contribution in [3.05, 3.63) is 0 Å². The van der Waals surface area contributed by atoms with Crippen molar-refractivity contribution in [3.8, 4) is 6.07 Å². The van der Waals surface area contributed by atoms with Crippen LogP contribution in [0.1, 0.15) is 46.5 Å². The van der Waals surface area contributed by atoms with Crippen LogP contribution in [0.2, 0.25) is 0 Å². The molecule has 1 saturated carbocycles. The summed E-state index contributed by atoms with van der Waals surface area (Å²) in [5.74, 6) is 0.909. The molecule has 1 atom stereocenters. The normalized spacial score (nSPS) is 21.5. The lowest BCUT2D eigenvalue weighted by Gasteiger charge is -2.26. The fourth-order valence-electron chi connectivity index (χ4n) is 2.08. The van der Waals surface area contributed by atoms with Crippen molar-refractivity contribution >= 4 is 11.8 Å². The largest absolute Gasteiger partial charge is 0.297 e. The second-order valence-electron chi connectivity index (χ2n) is 4.96. The fourth-order valence-corrected chi connectivity index (χ4v) is 3.47. The van der Waals surface area contributed by atoms with Crippen LogP contribution in [0.3, 0.4) is 0 Å². The maximum absolute atomic E-state index is 9.18. The molecule has 0 aromatic heterocycles. The molecule has 0 saturated heterocycles. The van der Waals surface area contributed by atoms with Gasteiger partial charge in [-0.2, -0.15) is 17.0 Å². The smallest absolute Gasteiger partial charge is 0.113 e. The van der Waals surface area contributed by atoms with Gasteiger partial charge in [-0.15, -0.1) is 0 Å². The van der Waals surface area contributed by atoms with Crippen LogP contribution < -0.4 is 5.32 Å². The van der Waals surface area contributed by atoms with Gasteiger partial charge in [-0.1, -0.05) is 12.8 Å². The van der Waals surface area contributed by atoms with E-state index in [4.69, 9.17) is 0 Å². The predicted octanol–water partition coefficient (Wildman–Crippen LogP) is 2.94. The molecule has 2 nitrogen and oxygen atoms in total. The summed E-state index contributed by atoms with van der Waals surface area (Å²) in [6.07, 6.45) is 5.43. The topological polar surface area (TPSA) is 35.8 Å². The van der Waals surface area contributed by atoms with Gasteiger partial charge in [-0.3, -0.25) is 5.32 Å². The van der Waals surface area contributed by atoms with Gasteiger partial charge >= 0.3 is 0 Å². The average molecular weight is 226 g/mol. The zero-order valence-corrected chi connectivity index (χ0v) is 10.9. The van der Waals surface area contributed by atoms with E-state index in [1.165, 1.54) is 25.7 Å². The molecule has 0 bridgehead atoms. The molecule has 1 N–H and O–H groups in total. The third-order valence-electron chi connectivity index (χ3n) is 2.76. The van der Waals surface area contributed by atoms with E-state index in [1.807, 2.05) is 18.7 Å². The number of nitriles is 1. The lowest BCUT2D eigenvalue weighted by molar-refractivity contribution is 0.443. The highest BCUT2D eigenvalue weighted by molar-refractivity contribution is 8.00. The first-order chi connectivity index (χ1) is 7.06. The average Bonchev–Trinajstić information content (AvgIpc) is 2.66. The molecule has 0 aromatic carbocycles. The fraction of sp³-hybridized carbons (Fsp3) is 0.917. The van der Waals surface area contributed by atoms with Crippen molar-refractivity contribution in [2.45, 2.75) is 63.3 Å². The number of hydrogen-bond acceptors (Lipinski definition) is 3. The molecule has 3 heteroatoms. The van der Waals surface area contributed by atoms with E-state index < -0.39 is 0 Å². The van der Waals surface area contributed by atoms with E-state index in [-0.39, 0.29) is 5.54 Å². The molecule has 1 aliphatic carbocycles. The zero-order chi connectivity index (χ0) is 11.3. The van der Waals surface area contributed by atoms with Crippen LogP contribution in [-0.4, -0.2) is 22.6 Å². The van der Waals surface area contributed by atoms with E-state index in [2.05, 4.69) is 25.2 Å². The summed E-state index contributed by atoms with van der Waals surface area (Å²) in [5.41, 5.74) is -0.360. The monoisotopic (exact) mass is 226 g/mol. The van der Waals surface area contributed by atoms with Crippen LogP contribution in [0.25, 0.3) is 0 Å². The highest BCUT2D eigenvalue weighted by atomic mass is 32.2. The summed E-state index contributed by atoms with van der Waals surface area (Å²) in [5, 5.41) is 13.3. The Bertz CT molecular complexity index is 228. The van der Waals surface area contributed by atoms with Crippen molar-refractivity contribution in [1.29, 1.82) is 5.26 Å². The first kappa shape index (κ1) is 12.9. The lowest BCUT2D eigenvalue weighted by atomic mass is 10.1. The van der Waals surface area contributed by atoms with Gasteiger partial charge in [0.2, 0.25) is 0 Å². The number of nitrogens with one attached hydrogen (secondary N) is 1. The molecule has 0 radical (unpaired) electrons. The van der Waals surface area contributed by atoms with Gasteiger partial charge < -0.3 is 0 Å². The Morgan fingerprint density at radius 3 is 2.53 bits per heavy atom. The molecule has 0 aromatic rings. The first-order valence-corrected chi connectivity index (χ1v) is 6.91. The van der Waals surface area contributed by atoms with E-state index >= 15 is 0 Å². The van der Waals surface area contributed by atoms with Gasteiger partial charge in [0.05, 0.1) is 6.07 Å². The Morgan fingerprint density at radius 1 is 1.47 bits per heavy atom. The summed E-state index contributed by atoms with van der Waals surface area (Å²) < 4.78 is 0. The third kappa shape index (κ3) is 4.44. The maximum atomic E-state index is 9.18. The second kappa shape index (κ2) is 5.77. The summed E-state index contributed by atoms with van der Waals surface area (Å²) in [6.45, 7) is 6.20. The van der Waals surface area contributed by atoms with Crippen molar-refractivity contribution in [1.82, 2.24) is 5.32 Å². The highest BCUT2D eigenvalue weighted by Crippen LogP contribution is 2.31. The van der Waals surface area contributed by atoms with E-state index in [1.54, 1.807) is 0 Å². The summed E-state index contributed by atoms with van der Waals surface area (Å²) in [7, 11) is 0. The Morgan fingerprint density at radius 2 is 2.07 bits per heavy atom. The van der Waals surface area contributed by atoms with E-state index in [0.717, 1.165) is 11.0 Å². The van der Waals surface area contributed by atoms with Crippen molar-refractivity contribution in [2.75, 3.05) is 5.75 Å². The second-order valence-corrected chi connectivity index (χ2v) is 6.25. The quantitative estimate of drug-likeness (QED) is 0.783. The van der Waals surface area contributed by atoms with Gasteiger partial charge in [0, 0.05) is 17.0 Å². The van der Waals surface area contributed by atoms with Crippen LogP contribution in [0.4, 0.5) is 0 Å². The molecule has 0 amide bonds. The molecule has 0 spiro atoms. The summed E-state index contributed by atoms with van der Waals surface area (Å²) in [6, 6.07) is 2.78. The van der Waals surface area contributed by atoms with Crippen LogP contribution in [0.5, 0.6) is 0 Å². The van der Waals surface area contributed by atoms with Gasteiger partial charge in [0.15, 0.2) is 0 Å². The molecular formula is C12H22N2S.